The molecule has 0 bridgehead atoms. The van der Waals surface area contributed by atoms with Crippen molar-refractivity contribution in [3.63, 3.8) is 0 Å². The largest absolute Gasteiger partial charge is 0.358 e. The predicted octanol–water partition coefficient (Wildman–Crippen LogP) is 3.98. The van der Waals surface area contributed by atoms with Gasteiger partial charge in [0.2, 0.25) is 5.91 Å². The van der Waals surface area contributed by atoms with Gasteiger partial charge in [-0.3, -0.25) is 4.79 Å². The van der Waals surface area contributed by atoms with Crippen LogP contribution in [-0.2, 0) is 4.79 Å². The van der Waals surface area contributed by atoms with Crippen LogP contribution >= 0.6 is 11.6 Å². The lowest BCUT2D eigenvalue weighted by molar-refractivity contribution is -0.123. The van der Waals surface area contributed by atoms with Gasteiger partial charge >= 0.3 is 0 Å². The molecule has 0 fully saturated rings. The molecule has 0 aromatic carbocycles. The van der Waals surface area contributed by atoms with E-state index in [1.165, 1.54) is 6.20 Å². The molecule has 0 radical (unpaired) electrons. The highest BCUT2D eigenvalue weighted by Gasteiger charge is 2.23. The maximum atomic E-state index is 12.4. The number of hydrogen-bond donors (Lipinski definition) is 3. The fourth-order valence-corrected chi connectivity index (χ4v) is 2.87. The van der Waals surface area contributed by atoms with Gasteiger partial charge in [-0.05, 0) is 18.1 Å². The monoisotopic (exact) mass is 412 g/mol. The number of nitrogens with one attached hydrogen (secondary N) is 3. The molecule has 28 heavy (non-hydrogen) atoms. The van der Waals surface area contributed by atoms with Crippen LogP contribution < -0.4 is 10.6 Å². The first-order valence-electron chi connectivity index (χ1n) is 8.63. The molecule has 0 aliphatic heterocycles. The lowest BCUT2D eigenvalue weighted by atomic mass is 10.0. The van der Waals surface area contributed by atoms with Crippen LogP contribution in [0.15, 0.2) is 30.7 Å². The minimum absolute atomic E-state index is 0. The highest BCUT2D eigenvalue weighted by atomic mass is 35.5. The first kappa shape index (κ1) is 19.9. The molecule has 1 amide bonds. The number of halogens is 3. The van der Waals surface area contributed by atoms with Crippen LogP contribution in [0, 0.1) is 5.92 Å². The van der Waals surface area contributed by atoms with Crippen molar-refractivity contribution in [2.75, 3.05) is 11.9 Å². The van der Waals surface area contributed by atoms with Gasteiger partial charge in [0.1, 0.15) is 17.5 Å². The van der Waals surface area contributed by atoms with Crippen molar-refractivity contribution >= 4 is 34.4 Å². The molecule has 3 aromatic rings. The zero-order valence-corrected chi connectivity index (χ0v) is 16.0. The molecule has 10 heteroatoms. The standard InChI is InChI=1S/C18H19ClF2N6O.2H2/c1-9(2)15(18(28)25-8-13(20)21)26-14-3-4-22-17(27-14)12-7-24-16-11(12)5-10(19)6-23-16;;/h3-7,9,13,15H,8H2,1-2H3,(H,23,24)(H,25,28)(H,22,26,27);2*1H/t15-;;/m1../s1. The Kier molecular flexibility index (Phi) is 6.03. The Hall–Kier alpha value is -2.81. The maximum Gasteiger partial charge on any atom is 0.255 e. The van der Waals surface area contributed by atoms with Gasteiger partial charge in [-0.2, -0.15) is 0 Å². The fourth-order valence-electron chi connectivity index (χ4n) is 2.71. The number of aromatic amines is 1. The molecule has 152 valence electrons. The Bertz CT molecular complexity index is 988. The molecule has 3 N–H and O–H groups in total. The lowest BCUT2D eigenvalue weighted by Gasteiger charge is -2.22. The fraction of sp³-hybridized carbons (Fsp3) is 0.333. The van der Waals surface area contributed by atoms with E-state index in [1.807, 2.05) is 13.8 Å². The Morgan fingerprint density at radius 1 is 1.36 bits per heavy atom. The third kappa shape index (κ3) is 4.53. The van der Waals surface area contributed by atoms with Crippen LogP contribution in [0.2, 0.25) is 5.02 Å². The minimum Gasteiger partial charge on any atom is -0.358 e. The van der Waals surface area contributed by atoms with Crippen molar-refractivity contribution in [2.24, 2.45) is 5.92 Å². The third-order valence-corrected chi connectivity index (χ3v) is 4.28. The Balaban J connectivity index is 0.00000225. The van der Waals surface area contributed by atoms with E-state index >= 15 is 0 Å². The third-order valence-electron chi connectivity index (χ3n) is 4.08. The number of amides is 1. The van der Waals surface area contributed by atoms with Gasteiger partial charge in [-0.25, -0.2) is 23.7 Å². The van der Waals surface area contributed by atoms with Gasteiger partial charge in [-0.1, -0.05) is 25.4 Å². The highest BCUT2D eigenvalue weighted by molar-refractivity contribution is 6.31. The van der Waals surface area contributed by atoms with Crippen LogP contribution in [0.5, 0.6) is 0 Å². The predicted molar refractivity (Wildman–Crippen MR) is 108 cm³/mol. The highest BCUT2D eigenvalue weighted by Crippen LogP contribution is 2.27. The zero-order valence-electron chi connectivity index (χ0n) is 15.2. The summed E-state index contributed by atoms with van der Waals surface area (Å²) in [5.41, 5.74) is 1.35. The van der Waals surface area contributed by atoms with Crippen LogP contribution in [-0.4, -0.2) is 44.9 Å². The van der Waals surface area contributed by atoms with Gasteiger partial charge in [0.15, 0.2) is 5.82 Å². The molecule has 0 aliphatic rings. The van der Waals surface area contributed by atoms with Crippen molar-refractivity contribution in [2.45, 2.75) is 26.3 Å². The molecule has 1 atom stereocenters. The molecule has 0 saturated carbocycles. The van der Waals surface area contributed by atoms with Crippen LogP contribution in [0.1, 0.15) is 16.7 Å². The van der Waals surface area contributed by atoms with E-state index in [2.05, 4.69) is 30.6 Å². The summed E-state index contributed by atoms with van der Waals surface area (Å²) >= 11 is 6.03. The zero-order chi connectivity index (χ0) is 20.3. The summed E-state index contributed by atoms with van der Waals surface area (Å²) in [4.78, 5) is 28.2. The molecule has 7 nitrogen and oxygen atoms in total. The van der Waals surface area contributed by atoms with Crippen molar-refractivity contribution in [3.05, 3.63) is 35.7 Å². The number of H-pyrrole nitrogens is 1. The van der Waals surface area contributed by atoms with Gasteiger partial charge in [0.25, 0.3) is 6.43 Å². The van der Waals surface area contributed by atoms with Gasteiger partial charge < -0.3 is 15.6 Å². The first-order valence-corrected chi connectivity index (χ1v) is 9.01. The number of pyridine rings is 1. The molecule has 3 rings (SSSR count). The summed E-state index contributed by atoms with van der Waals surface area (Å²) in [6, 6.07) is 2.65. The first-order chi connectivity index (χ1) is 13.3. The Morgan fingerprint density at radius 3 is 2.86 bits per heavy atom. The van der Waals surface area contributed by atoms with Crippen LogP contribution in [0.25, 0.3) is 22.4 Å². The summed E-state index contributed by atoms with van der Waals surface area (Å²) in [5.74, 6) is 0.154. The topological polar surface area (TPSA) is 95.6 Å². The molecule has 0 unspecified atom stereocenters. The normalized spacial score (nSPS) is 12.5. The van der Waals surface area contributed by atoms with Gasteiger partial charge in [0.05, 0.1) is 11.6 Å². The summed E-state index contributed by atoms with van der Waals surface area (Å²) in [5, 5.41) is 6.49. The Morgan fingerprint density at radius 2 is 2.14 bits per heavy atom. The van der Waals surface area contributed by atoms with Crippen LogP contribution in [0.4, 0.5) is 14.6 Å². The van der Waals surface area contributed by atoms with Crippen molar-refractivity contribution < 1.29 is 16.4 Å². The second kappa shape index (κ2) is 8.47. The van der Waals surface area contributed by atoms with E-state index in [1.54, 1.807) is 24.5 Å². The van der Waals surface area contributed by atoms with E-state index in [-0.39, 0.29) is 8.77 Å². The second-order valence-electron chi connectivity index (χ2n) is 6.52. The number of carbonyl (C=O) groups is 1. The summed E-state index contributed by atoms with van der Waals surface area (Å²) < 4.78 is 24.8. The van der Waals surface area contributed by atoms with Crippen molar-refractivity contribution in [1.29, 1.82) is 0 Å². The average Bonchev–Trinajstić information content (AvgIpc) is 3.07. The van der Waals surface area contributed by atoms with Gasteiger partial charge in [0, 0.05) is 32.4 Å². The molecular formula is C18H23ClF2N6O. The van der Waals surface area contributed by atoms with E-state index < -0.39 is 24.9 Å². The molecule has 0 aliphatic carbocycles. The number of rotatable bonds is 7. The summed E-state index contributed by atoms with van der Waals surface area (Å²) in [6.45, 7) is 2.94. The van der Waals surface area contributed by atoms with Crippen LogP contribution in [0.3, 0.4) is 0 Å². The second-order valence-corrected chi connectivity index (χ2v) is 6.96. The average molecular weight is 413 g/mol. The number of fused-ring (bicyclic) bond motifs is 1. The summed E-state index contributed by atoms with van der Waals surface area (Å²) in [6.07, 6.45) is 2.21. The molecule has 3 heterocycles. The van der Waals surface area contributed by atoms with E-state index in [9.17, 15) is 13.6 Å². The smallest absolute Gasteiger partial charge is 0.255 e. The quantitative estimate of drug-likeness (QED) is 0.545. The minimum atomic E-state index is -2.61. The Labute approximate surface area is 167 Å². The molecular weight excluding hydrogens is 390 g/mol. The van der Waals surface area contributed by atoms with Gasteiger partial charge in [-0.15, -0.1) is 0 Å². The number of hydrogen-bond acceptors (Lipinski definition) is 5. The number of alkyl halides is 2. The van der Waals surface area contributed by atoms with E-state index in [0.717, 1.165) is 5.39 Å². The number of anilines is 1. The van der Waals surface area contributed by atoms with E-state index in [4.69, 9.17) is 11.6 Å². The molecule has 3 aromatic heterocycles. The number of aromatic nitrogens is 4. The SMILES string of the molecule is CC(C)[C@@H](Nc1ccnc(-c2c[nH]c3ncc(Cl)cc23)n1)C(=O)NCC(F)F.[HH].[HH]. The summed E-state index contributed by atoms with van der Waals surface area (Å²) in [7, 11) is 0. The maximum absolute atomic E-state index is 12.4. The molecule has 0 spiro atoms. The van der Waals surface area contributed by atoms with E-state index in [0.29, 0.717) is 27.9 Å². The number of nitrogens with zero attached hydrogens (tertiary/aromatic N) is 3. The van der Waals surface area contributed by atoms with Crippen molar-refractivity contribution in [1.82, 2.24) is 25.3 Å². The van der Waals surface area contributed by atoms with Crippen molar-refractivity contribution in [3.8, 4) is 11.4 Å². The number of carbonyl (C=O) groups excluding carboxylic acids is 1. The lowest BCUT2D eigenvalue weighted by Crippen LogP contribution is -2.44. The molecule has 0 saturated heterocycles.